The highest BCUT2D eigenvalue weighted by Crippen LogP contribution is 2.14. The predicted octanol–water partition coefficient (Wildman–Crippen LogP) is 5.51. The summed E-state index contributed by atoms with van der Waals surface area (Å²) in [6.07, 6.45) is 14.6. The van der Waals surface area contributed by atoms with Crippen molar-refractivity contribution in [1.82, 2.24) is 0 Å². The first kappa shape index (κ1) is 20.9. The quantitative estimate of drug-likeness (QED) is 0.369. The van der Waals surface area contributed by atoms with Crippen LogP contribution in [0.15, 0.2) is 0 Å². The number of aliphatic hydroxyl groups is 2. The van der Waals surface area contributed by atoms with Crippen LogP contribution in [0.1, 0.15) is 103 Å². The highest BCUT2D eigenvalue weighted by atomic mass is 19.1. The van der Waals surface area contributed by atoms with Crippen LogP contribution < -0.4 is 0 Å². The van der Waals surface area contributed by atoms with Crippen molar-refractivity contribution in [3.8, 4) is 0 Å². The molecule has 0 amide bonds. The maximum Gasteiger partial charge on any atom is 0.196 e. The SMILES string of the molecule is CCCCCC(O)CCCCCCCCCCCC(O)F. The first-order valence-corrected chi connectivity index (χ1v) is 9.17. The topological polar surface area (TPSA) is 40.5 Å². The first-order valence-electron chi connectivity index (χ1n) is 9.17. The van der Waals surface area contributed by atoms with Gasteiger partial charge in [0.2, 0.25) is 0 Å². The van der Waals surface area contributed by atoms with Gasteiger partial charge in [0.15, 0.2) is 6.36 Å². The average molecular weight is 304 g/mol. The fourth-order valence-corrected chi connectivity index (χ4v) is 2.70. The molecule has 2 atom stereocenters. The van der Waals surface area contributed by atoms with Crippen LogP contribution in [-0.2, 0) is 0 Å². The van der Waals surface area contributed by atoms with Gasteiger partial charge < -0.3 is 10.2 Å². The van der Waals surface area contributed by atoms with E-state index in [1.165, 1.54) is 44.9 Å². The van der Waals surface area contributed by atoms with E-state index in [0.717, 1.165) is 44.9 Å². The molecule has 21 heavy (non-hydrogen) atoms. The van der Waals surface area contributed by atoms with Crippen molar-refractivity contribution in [2.75, 3.05) is 0 Å². The van der Waals surface area contributed by atoms with E-state index in [1.54, 1.807) is 0 Å². The minimum atomic E-state index is -1.62. The standard InChI is InChI=1S/C18H37FO2/c1-2-3-11-14-17(20)15-12-9-7-5-4-6-8-10-13-16-18(19)21/h17-18,20-21H,2-16H2,1H3. The van der Waals surface area contributed by atoms with Gasteiger partial charge in [-0.2, -0.15) is 0 Å². The van der Waals surface area contributed by atoms with Gasteiger partial charge in [0.05, 0.1) is 6.10 Å². The fourth-order valence-electron chi connectivity index (χ4n) is 2.70. The molecule has 2 N–H and O–H groups in total. The molecule has 128 valence electrons. The van der Waals surface area contributed by atoms with Crippen molar-refractivity contribution >= 4 is 0 Å². The molecule has 3 heteroatoms. The van der Waals surface area contributed by atoms with Crippen molar-refractivity contribution in [3.63, 3.8) is 0 Å². The summed E-state index contributed by atoms with van der Waals surface area (Å²) in [6, 6.07) is 0. The van der Waals surface area contributed by atoms with Crippen molar-refractivity contribution < 1.29 is 14.6 Å². The normalized spacial score (nSPS) is 14.3. The molecule has 0 heterocycles. The zero-order chi connectivity index (χ0) is 15.8. The lowest BCUT2D eigenvalue weighted by molar-refractivity contribution is 0.0323. The van der Waals surface area contributed by atoms with Gasteiger partial charge in [-0.1, -0.05) is 77.6 Å². The number of rotatable bonds is 16. The van der Waals surface area contributed by atoms with Crippen molar-refractivity contribution in [1.29, 1.82) is 0 Å². The van der Waals surface area contributed by atoms with E-state index in [9.17, 15) is 9.50 Å². The molecule has 0 aromatic carbocycles. The van der Waals surface area contributed by atoms with Gasteiger partial charge in [0, 0.05) is 6.42 Å². The summed E-state index contributed by atoms with van der Waals surface area (Å²) in [5.41, 5.74) is 0. The first-order chi connectivity index (χ1) is 10.2. The Labute approximate surface area is 131 Å². The number of unbranched alkanes of at least 4 members (excludes halogenated alkanes) is 10. The third-order valence-corrected chi connectivity index (χ3v) is 4.12. The second-order valence-corrected chi connectivity index (χ2v) is 6.34. The molecular weight excluding hydrogens is 267 g/mol. The van der Waals surface area contributed by atoms with E-state index >= 15 is 0 Å². The van der Waals surface area contributed by atoms with Gasteiger partial charge in [-0.15, -0.1) is 0 Å². The second-order valence-electron chi connectivity index (χ2n) is 6.34. The Balaban J connectivity index is 3.08. The predicted molar refractivity (Wildman–Crippen MR) is 88.1 cm³/mol. The minimum Gasteiger partial charge on any atom is -0.393 e. The Morgan fingerprint density at radius 3 is 1.43 bits per heavy atom. The van der Waals surface area contributed by atoms with Crippen LogP contribution >= 0.6 is 0 Å². The van der Waals surface area contributed by atoms with E-state index in [2.05, 4.69) is 6.92 Å². The molecule has 2 nitrogen and oxygen atoms in total. The number of aliphatic hydroxyl groups excluding tert-OH is 2. The van der Waals surface area contributed by atoms with Gasteiger partial charge in [-0.05, 0) is 19.3 Å². The largest absolute Gasteiger partial charge is 0.393 e. The maximum atomic E-state index is 12.1. The number of hydrogen-bond donors (Lipinski definition) is 2. The van der Waals surface area contributed by atoms with E-state index in [0.29, 0.717) is 6.42 Å². The molecule has 0 bridgehead atoms. The summed E-state index contributed by atoms with van der Waals surface area (Å²) < 4.78 is 12.1. The van der Waals surface area contributed by atoms with Crippen LogP contribution in [0.3, 0.4) is 0 Å². The van der Waals surface area contributed by atoms with E-state index in [1.807, 2.05) is 0 Å². The molecule has 0 fully saturated rings. The van der Waals surface area contributed by atoms with E-state index < -0.39 is 6.36 Å². The van der Waals surface area contributed by atoms with Gasteiger partial charge in [-0.3, -0.25) is 0 Å². The summed E-state index contributed by atoms with van der Waals surface area (Å²) in [5, 5.41) is 18.3. The molecule has 0 aliphatic rings. The molecule has 0 aromatic heterocycles. The summed E-state index contributed by atoms with van der Waals surface area (Å²) in [5.74, 6) is 0. The minimum absolute atomic E-state index is 0.0811. The Morgan fingerprint density at radius 2 is 1.00 bits per heavy atom. The third-order valence-electron chi connectivity index (χ3n) is 4.12. The van der Waals surface area contributed by atoms with Crippen LogP contribution in [0.25, 0.3) is 0 Å². The van der Waals surface area contributed by atoms with Gasteiger partial charge >= 0.3 is 0 Å². The Hall–Kier alpha value is -0.150. The molecule has 2 unspecified atom stereocenters. The van der Waals surface area contributed by atoms with Crippen molar-refractivity contribution in [2.24, 2.45) is 0 Å². The van der Waals surface area contributed by atoms with E-state index in [4.69, 9.17) is 5.11 Å². The summed E-state index contributed by atoms with van der Waals surface area (Å²) in [6.45, 7) is 2.19. The lowest BCUT2D eigenvalue weighted by Gasteiger charge is -2.09. The summed E-state index contributed by atoms with van der Waals surface area (Å²) in [4.78, 5) is 0. The molecule has 0 saturated carbocycles. The Kier molecular flexibility index (Phi) is 16.1. The molecule has 0 radical (unpaired) electrons. The second kappa shape index (κ2) is 16.2. The molecule has 0 saturated heterocycles. The Bertz CT molecular complexity index is 198. The van der Waals surface area contributed by atoms with Crippen LogP contribution in [0.5, 0.6) is 0 Å². The molecular formula is C18H37FO2. The number of alkyl halides is 1. The highest BCUT2D eigenvalue weighted by Gasteiger charge is 2.03. The van der Waals surface area contributed by atoms with Crippen LogP contribution in [0.4, 0.5) is 4.39 Å². The number of hydrogen-bond acceptors (Lipinski definition) is 2. The van der Waals surface area contributed by atoms with Gasteiger partial charge in [-0.25, -0.2) is 4.39 Å². The monoisotopic (exact) mass is 304 g/mol. The smallest absolute Gasteiger partial charge is 0.196 e. The van der Waals surface area contributed by atoms with Crippen LogP contribution in [0.2, 0.25) is 0 Å². The lowest BCUT2D eigenvalue weighted by atomic mass is 10.0. The third kappa shape index (κ3) is 17.8. The summed E-state index contributed by atoms with van der Waals surface area (Å²) >= 11 is 0. The van der Waals surface area contributed by atoms with E-state index in [-0.39, 0.29) is 6.10 Å². The highest BCUT2D eigenvalue weighted by molar-refractivity contribution is 4.57. The Morgan fingerprint density at radius 1 is 0.619 bits per heavy atom. The van der Waals surface area contributed by atoms with Gasteiger partial charge in [0.25, 0.3) is 0 Å². The molecule has 0 aliphatic carbocycles. The molecule has 0 aliphatic heterocycles. The fraction of sp³-hybridized carbons (Fsp3) is 1.00. The average Bonchev–Trinajstić information content (AvgIpc) is 2.44. The maximum absolute atomic E-state index is 12.1. The van der Waals surface area contributed by atoms with Crippen LogP contribution in [0, 0.1) is 0 Å². The molecule has 0 rings (SSSR count). The van der Waals surface area contributed by atoms with Crippen LogP contribution in [-0.4, -0.2) is 22.7 Å². The molecule has 0 aromatic rings. The zero-order valence-electron chi connectivity index (χ0n) is 14.0. The molecule has 0 spiro atoms. The van der Waals surface area contributed by atoms with Gasteiger partial charge in [0.1, 0.15) is 0 Å². The van der Waals surface area contributed by atoms with Crippen molar-refractivity contribution in [2.45, 2.75) is 116 Å². The lowest BCUT2D eigenvalue weighted by Crippen LogP contribution is -2.05. The number of halogens is 1. The zero-order valence-corrected chi connectivity index (χ0v) is 14.0. The van der Waals surface area contributed by atoms with Crippen molar-refractivity contribution in [3.05, 3.63) is 0 Å². The summed E-state index contributed by atoms with van der Waals surface area (Å²) in [7, 11) is 0.